The SMILES string of the molecule is CCCCC(CC)CNc1nc(C(C)OC)ns1. The highest BCUT2D eigenvalue weighted by molar-refractivity contribution is 7.09. The number of ether oxygens (including phenoxy) is 1. The van der Waals surface area contributed by atoms with Crippen LogP contribution in [-0.4, -0.2) is 23.0 Å². The molecule has 0 spiro atoms. The minimum Gasteiger partial charge on any atom is -0.374 e. The molecule has 0 saturated heterocycles. The molecule has 2 atom stereocenters. The van der Waals surface area contributed by atoms with E-state index in [0.717, 1.165) is 23.4 Å². The van der Waals surface area contributed by atoms with Crippen LogP contribution in [0.1, 0.15) is 58.4 Å². The quantitative estimate of drug-likeness (QED) is 0.740. The van der Waals surface area contributed by atoms with Gasteiger partial charge in [0.15, 0.2) is 5.82 Å². The van der Waals surface area contributed by atoms with Crippen LogP contribution in [0.15, 0.2) is 0 Å². The van der Waals surface area contributed by atoms with E-state index in [1.165, 1.54) is 37.2 Å². The van der Waals surface area contributed by atoms with E-state index in [1.54, 1.807) is 7.11 Å². The van der Waals surface area contributed by atoms with Crippen molar-refractivity contribution < 1.29 is 4.74 Å². The van der Waals surface area contributed by atoms with E-state index in [1.807, 2.05) is 6.92 Å². The molecule has 1 aromatic heterocycles. The molecule has 0 aliphatic heterocycles. The van der Waals surface area contributed by atoms with Crippen LogP contribution in [-0.2, 0) is 4.74 Å². The molecule has 1 aromatic rings. The monoisotopic (exact) mass is 271 g/mol. The van der Waals surface area contributed by atoms with E-state index >= 15 is 0 Å². The first-order valence-corrected chi connectivity index (χ1v) is 7.58. The second-order valence-electron chi connectivity index (χ2n) is 4.63. The highest BCUT2D eigenvalue weighted by atomic mass is 32.1. The number of unbranched alkanes of at least 4 members (excludes halogenated alkanes) is 1. The lowest BCUT2D eigenvalue weighted by molar-refractivity contribution is 0.113. The Morgan fingerprint density at radius 2 is 2.17 bits per heavy atom. The van der Waals surface area contributed by atoms with Gasteiger partial charge in [-0.15, -0.1) is 0 Å². The van der Waals surface area contributed by atoms with Crippen LogP contribution in [0.4, 0.5) is 5.13 Å². The second-order valence-corrected chi connectivity index (χ2v) is 5.38. The standard InChI is InChI=1S/C13H25N3OS/c1-5-7-8-11(6-2)9-14-13-15-12(16-18-13)10(3)17-4/h10-11H,5-9H2,1-4H3,(H,14,15,16). The molecule has 2 unspecified atom stereocenters. The van der Waals surface area contributed by atoms with Crippen molar-refractivity contribution in [3.8, 4) is 0 Å². The molecule has 0 saturated carbocycles. The second kappa shape index (κ2) is 8.43. The van der Waals surface area contributed by atoms with E-state index in [0.29, 0.717) is 0 Å². The van der Waals surface area contributed by atoms with Crippen LogP contribution in [0.3, 0.4) is 0 Å². The summed E-state index contributed by atoms with van der Waals surface area (Å²) in [5.74, 6) is 1.50. The summed E-state index contributed by atoms with van der Waals surface area (Å²) in [6, 6.07) is 0. The van der Waals surface area contributed by atoms with Gasteiger partial charge in [0.1, 0.15) is 6.10 Å². The molecule has 18 heavy (non-hydrogen) atoms. The molecule has 0 aliphatic carbocycles. The maximum absolute atomic E-state index is 5.20. The van der Waals surface area contributed by atoms with Gasteiger partial charge in [0.05, 0.1) is 0 Å². The minimum atomic E-state index is -0.0288. The molecule has 0 radical (unpaired) electrons. The molecule has 0 fully saturated rings. The Morgan fingerprint density at radius 3 is 2.78 bits per heavy atom. The third kappa shape index (κ3) is 4.90. The lowest BCUT2D eigenvalue weighted by Gasteiger charge is -2.14. The van der Waals surface area contributed by atoms with Gasteiger partial charge in [0.2, 0.25) is 5.13 Å². The van der Waals surface area contributed by atoms with Gasteiger partial charge in [-0.2, -0.15) is 4.37 Å². The predicted octanol–water partition coefficient (Wildman–Crippen LogP) is 3.87. The Labute approximate surface area is 114 Å². The van der Waals surface area contributed by atoms with Gasteiger partial charge in [-0.3, -0.25) is 0 Å². The molecule has 0 amide bonds. The van der Waals surface area contributed by atoms with Crippen molar-refractivity contribution in [3.05, 3.63) is 5.82 Å². The van der Waals surface area contributed by atoms with Crippen molar-refractivity contribution in [3.63, 3.8) is 0 Å². The fourth-order valence-corrected chi connectivity index (χ4v) is 2.40. The highest BCUT2D eigenvalue weighted by Crippen LogP contribution is 2.20. The summed E-state index contributed by atoms with van der Waals surface area (Å²) in [5.41, 5.74) is 0. The van der Waals surface area contributed by atoms with Crippen LogP contribution in [0.5, 0.6) is 0 Å². The Balaban J connectivity index is 2.39. The molecule has 0 bridgehead atoms. The number of hydrogen-bond acceptors (Lipinski definition) is 5. The topological polar surface area (TPSA) is 47.0 Å². The lowest BCUT2D eigenvalue weighted by Crippen LogP contribution is -2.13. The van der Waals surface area contributed by atoms with Crippen molar-refractivity contribution in [2.45, 2.75) is 52.6 Å². The summed E-state index contributed by atoms with van der Waals surface area (Å²) in [4.78, 5) is 4.44. The fourth-order valence-electron chi connectivity index (χ4n) is 1.75. The summed E-state index contributed by atoms with van der Waals surface area (Å²) < 4.78 is 9.50. The third-order valence-corrected chi connectivity index (χ3v) is 3.93. The number of nitrogens with zero attached hydrogens (tertiary/aromatic N) is 2. The number of anilines is 1. The Hall–Kier alpha value is -0.680. The number of methoxy groups -OCH3 is 1. The number of rotatable bonds is 9. The first-order valence-electron chi connectivity index (χ1n) is 6.81. The Morgan fingerprint density at radius 1 is 1.39 bits per heavy atom. The summed E-state index contributed by atoms with van der Waals surface area (Å²) >= 11 is 1.42. The number of hydrogen-bond donors (Lipinski definition) is 1. The van der Waals surface area contributed by atoms with Crippen molar-refractivity contribution in [1.29, 1.82) is 0 Å². The van der Waals surface area contributed by atoms with Crippen LogP contribution in [0, 0.1) is 5.92 Å². The van der Waals surface area contributed by atoms with Crippen LogP contribution < -0.4 is 5.32 Å². The van der Waals surface area contributed by atoms with Gasteiger partial charge in [-0.05, 0) is 19.3 Å². The maximum Gasteiger partial charge on any atom is 0.202 e. The molecule has 4 nitrogen and oxygen atoms in total. The first kappa shape index (κ1) is 15.4. The molecule has 0 aliphatic rings. The van der Waals surface area contributed by atoms with E-state index in [4.69, 9.17) is 4.74 Å². The fraction of sp³-hybridized carbons (Fsp3) is 0.846. The van der Waals surface area contributed by atoms with Crippen molar-refractivity contribution in [2.75, 3.05) is 19.0 Å². The zero-order chi connectivity index (χ0) is 13.4. The van der Waals surface area contributed by atoms with Gasteiger partial charge in [0.25, 0.3) is 0 Å². The van der Waals surface area contributed by atoms with E-state index in [2.05, 4.69) is 28.5 Å². The average Bonchev–Trinajstić information content (AvgIpc) is 2.87. The molecular formula is C13H25N3OS. The zero-order valence-corrected chi connectivity index (χ0v) is 12.7. The molecule has 1 heterocycles. The average molecular weight is 271 g/mol. The van der Waals surface area contributed by atoms with Gasteiger partial charge in [-0.25, -0.2) is 4.98 Å². The Kier molecular flexibility index (Phi) is 7.20. The molecule has 104 valence electrons. The number of nitrogens with one attached hydrogen (secondary N) is 1. The van der Waals surface area contributed by atoms with E-state index in [-0.39, 0.29) is 6.10 Å². The van der Waals surface area contributed by atoms with Crippen LogP contribution in [0.25, 0.3) is 0 Å². The van der Waals surface area contributed by atoms with Crippen molar-refractivity contribution in [1.82, 2.24) is 9.36 Å². The van der Waals surface area contributed by atoms with E-state index in [9.17, 15) is 0 Å². The molecule has 1 rings (SSSR count). The van der Waals surface area contributed by atoms with Crippen LogP contribution in [0.2, 0.25) is 0 Å². The van der Waals surface area contributed by atoms with Gasteiger partial charge < -0.3 is 10.1 Å². The molecule has 1 N–H and O–H groups in total. The minimum absolute atomic E-state index is 0.0288. The van der Waals surface area contributed by atoms with Crippen LogP contribution >= 0.6 is 11.5 Å². The summed E-state index contributed by atoms with van der Waals surface area (Å²) in [6.45, 7) is 7.44. The molecule has 0 aromatic carbocycles. The molecule has 5 heteroatoms. The lowest BCUT2D eigenvalue weighted by atomic mass is 10.00. The third-order valence-electron chi connectivity index (χ3n) is 3.24. The van der Waals surface area contributed by atoms with Gasteiger partial charge in [-0.1, -0.05) is 33.1 Å². The van der Waals surface area contributed by atoms with E-state index < -0.39 is 0 Å². The van der Waals surface area contributed by atoms with Gasteiger partial charge in [0, 0.05) is 25.2 Å². The summed E-state index contributed by atoms with van der Waals surface area (Å²) in [6.07, 6.45) is 5.05. The Bertz CT molecular complexity index is 330. The zero-order valence-electron chi connectivity index (χ0n) is 11.9. The van der Waals surface area contributed by atoms with Gasteiger partial charge >= 0.3 is 0 Å². The normalized spacial score (nSPS) is 14.4. The highest BCUT2D eigenvalue weighted by Gasteiger charge is 2.12. The van der Waals surface area contributed by atoms with Crippen molar-refractivity contribution in [2.24, 2.45) is 5.92 Å². The summed E-state index contributed by atoms with van der Waals surface area (Å²) in [5, 5.41) is 4.30. The smallest absolute Gasteiger partial charge is 0.202 e. The summed E-state index contributed by atoms with van der Waals surface area (Å²) in [7, 11) is 1.68. The maximum atomic E-state index is 5.20. The first-order chi connectivity index (χ1) is 8.71. The number of aromatic nitrogens is 2. The van der Waals surface area contributed by atoms with Crippen molar-refractivity contribution >= 4 is 16.7 Å². The largest absolute Gasteiger partial charge is 0.374 e. The predicted molar refractivity (Wildman–Crippen MR) is 77.1 cm³/mol. The molecular weight excluding hydrogens is 246 g/mol.